The van der Waals surface area contributed by atoms with E-state index in [9.17, 15) is 80.5 Å². The molecule has 522 valence electrons. The summed E-state index contributed by atoms with van der Waals surface area (Å²) < 4.78 is 61.5. The Morgan fingerprint density at radius 2 is 1.17 bits per heavy atom. The molecule has 0 aromatic rings. The number of allylic oxidation sites excluding steroid dienone is 4. The molecule has 26 heteroatoms. The highest BCUT2D eigenvalue weighted by molar-refractivity contribution is 5.88. The molecule has 5 aliphatic carbocycles. The third kappa shape index (κ3) is 12.2. The van der Waals surface area contributed by atoms with E-state index in [1.54, 1.807) is 46.8 Å². The van der Waals surface area contributed by atoms with Crippen LogP contribution < -0.4 is 0 Å². The number of hydrogen-bond acceptors (Lipinski definition) is 25. The molecule has 0 bridgehead atoms. The average molecular weight is 1310 g/mol. The van der Waals surface area contributed by atoms with Crippen molar-refractivity contribution in [3.63, 3.8) is 0 Å². The summed E-state index contributed by atoms with van der Waals surface area (Å²) >= 11 is 0. The van der Waals surface area contributed by atoms with Crippen LogP contribution in [0.3, 0.4) is 0 Å². The van der Waals surface area contributed by atoms with Crippen LogP contribution in [-0.4, -0.2) is 240 Å². The second-order valence-corrected chi connectivity index (χ2v) is 29.8. The maximum absolute atomic E-state index is 13.5. The SMILES string of the molecule is C/C=C(/C)C(=O)O[C@@H]1C(O)[C@H](C[C@H]2[C@H](OC(C)=O)[C@@]3(CO)C(CC2(C)C)C2=CCC4[C@@]5(C)CC[C@H](O[C@@H]6OC(C(=O)O)[C@H](O)[C@H](O[C@@H]7O[C@H](CO)C(O)[C@@H]7O)C6O[C@@H]6OC(CO)[C@H](O)[C@H](O)C6O)C(C)(C)C5CC[C@@]4(C)[C@]2(C)C[C@H]3O)OC(C)[C@@H]1OC(=O)/C(C)=C\C. The number of ether oxygens (including phenoxy) is 10. The molecule has 4 aliphatic heterocycles. The van der Waals surface area contributed by atoms with E-state index in [4.69, 9.17) is 47.4 Å². The van der Waals surface area contributed by atoms with Crippen molar-refractivity contribution in [3.8, 4) is 0 Å². The Kier molecular flexibility index (Phi) is 21.3. The minimum absolute atomic E-state index is 0.0187. The molecule has 8 fully saturated rings. The second-order valence-electron chi connectivity index (χ2n) is 29.8. The normalized spacial score (nSPS) is 48.4. The van der Waals surface area contributed by atoms with E-state index < -0.39 is 223 Å². The predicted octanol–water partition coefficient (Wildman–Crippen LogP) is 1.38. The van der Waals surface area contributed by atoms with Crippen LogP contribution in [0.25, 0.3) is 0 Å². The van der Waals surface area contributed by atoms with Gasteiger partial charge >= 0.3 is 23.9 Å². The molecule has 92 heavy (non-hydrogen) atoms. The number of carboxylic acids is 1. The van der Waals surface area contributed by atoms with Crippen molar-refractivity contribution >= 4 is 23.9 Å². The van der Waals surface area contributed by atoms with E-state index >= 15 is 0 Å². The first-order chi connectivity index (χ1) is 43.0. The summed E-state index contributed by atoms with van der Waals surface area (Å²) in [6, 6.07) is 0. The molecule has 9 aliphatic rings. The summed E-state index contributed by atoms with van der Waals surface area (Å²) in [6.07, 6.45) is -25.8. The lowest BCUT2D eigenvalue weighted by Crippen LogP contribution is -2.71. The van der Waals surface area contributed by atoms with Gasteiger partial charge in [0, 0.05) is 24.0 Å². The van der Waals surface area contributed by atoms with Crippen LogP contribution in [0.2, 0.25) is 0 Å². The lowest BCUT2D eigenvalue weighted by atomic mass is 9.32. The molecule has 0 radical (unpaired) electrons. The van der Waals surface area contributed by atoms with Crippen molar-refractivity contribution in [3.05, 3.63) is 34.9 Å². The maximum atomic E-state index is 13.5. The van der Waals surface area contributed by atoms with E-state index in [0.29, 0.717) is 44.1 Å². The maximum Gasteiger partial charge on any atom is 0.335 e. The second kappa shape index (κ2) is 27.0. The number of carbonyl (C=O) groups excluding carboxylic acids is 3. The van der Waals surface area contributed by atoms with Crippen LogP contribution in [0.4, 0.5) is 0 Å². The van der Waals surface area contributed by atoms with Gasteiger partial charge in [0.15, 0.2) is 37.2 Å². The molecule has 30 atom stereocenters. The summed E-state index contributed by atoms with van der Waals surface area (Å²) in [6.45, 7) is 22.2. The Morgan fingerprint density at radius 3 is 1.73 bits per heavy atom. The number of aliphatic hydroxyl groups is 11. The van der Waals surface area contributed by atoms with Gasteiger partial charge in [0.25, 0.3) is 0 Å². The van der Waals surface area contributed by atoms with Crippen molar-refractivity contribution in [2.75, 3.05) is 19.8 Å². The van der Waals surface area contributed by atoms with Gasteiger partial charge in [-0.3, -0.25) is 4.79 Å². The van der Waals surface area contributed by atoms with E-state index in [1.165, 1.54) is 6.92 Å². The third-order valence-corrected chi connectivity index (χ3v) is 24.3. The summed E-state index contributed by atoms with van der Waals surface area (Å²) in [5, 5.41) is 134. The van der Waals surface area contributed by atoms with Gasteiger partial charge in [0.1, 0.15) is 73.2 Å². The highest BCUT2D eigenvalue weighted by atomic mass is 16.8. The predicted molar refractivity (Wildman–Crippen MR) is 319 cm³/mol. The van der Waals surface area contributed by atoms with Gasteiger partial charge in [-0.25, -0.2) is 14.4 Å². The van der Waals surface area contributed by atoms with Gasteiger partial charge < -0.3 is 109 Å². The van der Waals surface area contributed by atoms with Crippen LogP contribution in [0.1, 0.15) is 141 Å². The fourth-order valence-corrected chi connectivity index (χ4v) is 18.6. The van der Waals surface area contributed by atoms with Crippen LogP contribution in [-0.2, 0) is 66.5 Å². The smallest absolute Gasteiger partial charge is 0.335 e. The fourth-order valence-electron chi connectivity index (χ4n) is 18.6. The lowest BCUT2D eigenvalue weighted by molar-refractivity contribution is -0.386. The molecular formula is C66H102O26. The standard InChI is InChI=1S/C66H102O26/c1-14-28(3)56(81)88-49-30(5)83-35(44(74)50(49)89-57(82)29(4)15-2)22-33-54(84-31(6)70)66(27-69)34(23-61(33,7)8)32-16-17-39-63(11)20-19-41(62(9,10)38(63)18-21-64(39,12)65(32,13)24-40(66)71)87-60-53(92-59-47(77)45(75)42(72)36(25-67)85-59)51(48(78)52(91-60)55(79)80)90-58-46(76)43(73)37(26-68)86-58/h14-16,30,33-54,58-60,67-69,71-78H,17-27H2,1-13H3,(H,79,80)/b28-14-,29-15-/t30?,33-,34?,35-,36?,37+,38?,39?,40+,41-,42-,43?,44?,45-,46-,47?,48+,49-,50+,51-,52?,53?,54-,58-,59-,60+,63-,64+,65+,66-/m0/s1. The largest absolute Gasteiger partial charge is 0.479 e. The Balaban J connectivity index is 1.01. The van der Waals surface area contributed by atoms with Crippen LogP contribution >= 0.6 is 0 Å². The van der Waals surface area contributed by atoms with Gasteiger partial charge in [-0.2, -0.15) is 0 Å². The van der Waals surface area contributed by atoms with Gasteiger partial charge in [-0.15, -0.1) is 0 Å². The molecule has 10 unspecified atom stereocenters. The van der Waals surface area contributed by atoms with E-state index in [1.807, 2.05) is 27.7 Å². The third-order valence-electron chi connectivity index (χ3n) is 24.3. The molecule has 9 rings (SSSR count). The number of rotatable bonds is 17. The summed E-state index contributed by atoms with van der Waals surface area (Å²) in [7, 11) is 0. The molecule has 26 nitrogen and oxygen atoms in total. The first kappa shape index (κ1) is 72.6. The average Bonchev–Trinajstić information content (AvgIpc) is 0.736. The van der Waals surface area contributed by atoms with Crippen molar-refractivity contribution in [1.82, 2.24) is 0 Å². The number of carbonyl (C=O) groups is 4. The Labute approximate surface area is 537 Å². The Bertz CT molecular complexity index is 2790. The zero-order chi connectivity index (χ0) is 68.0. The number of hydrogen-bond donors (Lipinski definition) is 12. The van der Waals surface area contributed by atoms with Gasteiger partial charge in [0.2, 0.25) is 0 Å². The molecular weight excluding hydrogens is 1210 g/mol. The topological polar surface area (TPSA) is 403 Å². The monoisotopic (exact) mass is 1310 g/mol. The molecule has 0 spiro atoms. The molecule has 12 N–H and O–H groups in total. The minimum Gasteiger partial charge on any atom is -0.479 e. The molecule has 0 aromatic carbocycles. The van der Waals surface area contributed by atoms with Gasteiger partial charge in [-0.05, 0) is 131 Å². The fraction of sp³-hybridized carbons (Fsp3) is 0.848. The van der Waals surface area contributed by atoms with Gasteiger partial charge in [0.05, 0.1) is 49.7 Å². The van der Waals surface area contributed by atoms with Crippen molar-refractivity contribution < 1.29 is 128 Å². The van der Waals surface area contributed by atoms with E-state index in [-0.39, 0.29) is 30.3 Å². The number of fused-ring (bicyclic) bond motifs is 7. The van der Waals surface area contributed by atoms with Gasteiger partial charge in [-0.1, -0.05) is 72.3 Å². The summed E-state index contributed by atoms with van der Waals surface area (Å²) in [5.41, 5.74) is -2.97. The highest BCUT2D eigenvalue weighted by Gasteiger charge is 2.74. The first-order valence-corrected chi connectivity index (χ1v) is 32.6. The first-order valence-electron chi connectivity index (χ1n) is 32.6. The van der Waals surface area contributed by atoms with Crippen LogP contribution in [0, 0.1) is 56.2 Å². The number of aliphatic carboxylic acids is 1. The Hall–Kier alpha value is -3.62. The summed E-state index contributed by atoms with van der Waals surface area (Å²) in [5.74, 6) is -5.02. The highest BCUT2D eigenvalue weighted by Crippen LogP contribution is 2.76. The minimum atomic E-state index is -2.13. The molecule has 4 saturated carbocycles. The molecule has 4 heterocycles. The zero-order valence-electron chi connectivity index (χ0n) is 55.1. The van der Waals surface area contributed by atoms with Crippen molar-refractivity contribution in [2.24, 2.45) is 56.2 Å². The zero-order valence-corrected chi connectivity index (χ0v) is 55.1. The Morgan fingerprint density at radius 1 is 0.609 bits per heavy atom. The number of carboxylic acid groups (broad SMARTS) is 1. The van der Waals surface area contributed by atoms with Crippen LogP contribution in [0.15, 0.2) is 34.9 Å². The lowest BCUT2D eigenvalue weighted by Gasteiger charge is -2.73. The quantitative estimate of drug-likeness (QED) is 0.0322. The molecule has 0 amide bonds. The van der Waals surface area contributed by atoms with Crippen LogP contribution in [0.5, 0.6) is 0 Å². The van der Waals surface area contributed by atoms with E-state index in [2.05, 4.69) is 26.8 Å². The van der Waals surface area contributed by atoms with Crippen molar-refractivity contribution in [2.45, 2.75) is 276 Å². The number of esters is 3. The number of aliphatic hydroxyl groups excluding tert-OH is 11. The molecule has 0 aromatic heterocycles. The molecule has 4 saturated heterocycles. The van der Waals surface area contributed by atoms with Crippen molar-refractivity contribution in [1.29, 1.82) is 0 Å². The van der Waals surface area contributed by atoms with E-state index in [0.717, 1.165) is 5.57 Å². The summed E-state index contributed by atoms with van der Waals surface area (Å²) in [4.78, 5) is 53.2.